The summed E-state index contributed by atoms with van der Waals surface area (Å²) in [6.07, 6.45) is 0.514. The molecule has 0 aliphatic carbocycles. The fourth-order valence-electron chi connectivity index (χ4n) is 1.65. The summed E-state index contributed by atoms with van der Waals surface area (Å²) in [4.78, 5) is 31.3. The van der Waals surface area contributed by atoms with Crippen LogP contribution in [0.25, 0.3) is 0 Å². The van der Waals surface area contributed by atoms with Gasteiger partial charge >= 0.3 is 0 Å². The molecule has 1 aromatic rings. The maximum Gasteiger partial charge on any atom is 0.264 e. The number of hydrogen-bond donors (Lipinski definition) is 2. The van der Waals surface area contributed by atoms with Gasteiger partial charge in [0.05, 0.1) is 12.2 Å². The zero-order chi connectivity index (χ0) is 11.0. The fraction of sp³-hybridized carbons (Fsp3) is 0.444. The lowest BCUT2D eigenvalue weighted by Crippen LogP contribution is -2.24. The molecule has 2 heterocycles. The van der Waals surface area contributed by atoms with Gasteiger partial charge in [0.2, 0.25) is 0 Å². The predicted octanol–water partition coefficient (Wildman–Crippen LogP) is -1.14. The lowest BCUT2D eigenvalue weighted by molar-refractivity contribution is 0.0815. The van der Waals surface area contributed by atoms with E-state index in [9.17, 15) is 9.59 Å². The molecule has 0 spiro atoms. The number of rotatable bonds is 2. The van der Waals surface area contributed by atoms with E-state index < -0.39 is 0 Å². The van der Waals surface area contributed by atoms with Gasteiger partial charge in [-0.15, -0.1) is 0 Å². The molecule has 1 aliphatic heterocycles. The molecule has 0 bridgehead atoms. The Balaban J connectivity index is 2.51. The zero-order valence-electron chi connectivity index (χ0n) is 8.41. The maximum absolute atomic E-state index is 11.6. The quantitative estimate of drug-likeness (QED) is 0.642. The monoisotopic (exact) mass is 208 g/mol. The average Bonchev–Trinajstić information content (AvgIpc) is 2.43. The van der Waals surface area contributed by atoms with Crippen LogP contribution in [0.5, 0.6) is 0 Å². The van der Waals surface area contributed by atoms with Gasteiger partial charge in [-0.25, -0.2) is 4.98 Å². The first-order chi connectivity index (χ1) is 7.13. The molecule has 0 aromatic carbocycles. The minimum Gasteiger partial charge on any atom is -0.336 e. The Bertz CT molecular complexity index is 466. The number of fused-ring (bicyclic) bond motifs is 1. The van der Waals surface area contributed by atoms with E-state index in [2.05, 4.69) is 9.97 Å². The molecule has 2 rings (SSSR count). The summed E-state index contributed by atoms with van der Waals surface area (Å²) >= 11 is 0. The van der Waals surface area contributed by atoms with E-state index in [0.717, 1.165) is 0 Å². The summed E-state index contributed by atoms with van der Waals surface area (Å²) in [5.41, 5.74) is 5.72. The fourth-order valence-corrected chi connectivity index (χ4v) is 1.65. The van der Waals surface area contributed by atoms with Crippen LogP contribution < -0.4 is 11.3 Å². The molecule has 6 heteroatoms. The Morgan fingerprint density at radius 1 is 1.53 bits per heavy atom. The van der Waals surface area contributed by atoms with Crippen molar-refractivity contribution in [3.05, 3.63) is 27.4 Å². The molecule has 80 valence electrons. The normalized spacial score (nSPS) is 14.5. The molecular weight excluding hydrogens is 196 g/mol. The molecule has 1 amide bonds. The third-order valence-corrected chi connectivity index (χ3v) is 2.37. The number of nitrogens with one attached hydrogen (secondary N) is 1. The third-order valence-electron chi connectivity index (χ3n) is 2.37. The smallest absolute Gasteiger partial charge is 0.264 e. The Hall–Kier alpha value is -1.69. The number of carbonyl (C=O) groups excluding carboxylic acids is 1. The van der Waals surface area contributed by atoms with E-state index in [0.29, 0.717) is 31.0 Å². The van der Waals surface area contributed by atoms with Gasteiger partial charge in [-0.2, -0.15) is 0 Å². The van der Waals surface area contributed by atoms with Gasteiger partial charge in [0.25, 0.3) is 11.5 Å². The van der Waals surface area contributed by atoms with E-state index in [1.165, 1.54) is 4.90 Å². The second-order valence-corrected chi connectivity index (χ2v) is 3.53. The minimum atomic E-state index is -0.363. The average molecular weight is 208 g/mol. The Morgan fingerprint density at radius 2 is 2.27 bits per heavy atom. The first kappa shape index (κ1) is 9.85. The van der Waals surface area contributed by atoms with Crippen LogP contribution in [-0.2, 0) is 13.0 Å². The highest BCUT2D eigenvalue weighted by molar-refractivity contribution is 5.97. The first-order valence-corrected chi connectivity index (χ1v) is 4.71. The summed E-state index contributed by atoms with van der Waals surface area (Å²) in [6, 6.07) is 0. The van der Waals surface area contributed by atoms with Crippen LogP contribution in [0.15, 0.2) is 4.79 Å². The van der Waals surface area contributed by atoms with Gasteiger partial charge in [0.15, 0.2) is 0 Å². The van der Waals surface area contributed by atoms with Crippen molar-refractivity contribution in [3.63, 3.8) is 0 Å². The Kier molecular flexibility index (Phi) is 2.28. The van der Waals surface area contributed by atoms with Crippen molar-refractivity contribution < 1.29 is 4.79 Å². The van der Waals surface area contributed by atoms with Crippen molar-refractivity contribution in [3.8, 4) is 0 Å². The lowest BCUT2D eigenvalue weighted by Gasteiger charge is -2.03. The standard InChI is InChI=1S/C9H12N4O2/c1-13-4-5-7(9(13)15)8(14)12-6(11-5)2-3-10/h2-4,10H2,1H3,(H,11,12,14). The van der Waals surface area contributed by atoms with E-state index in [-0.39, 0.29) is 17.0 Å². The molecule has 1 aliphatic rings. The second kappa shape index (κ2) is 3.47. The van der Waals surface area contributed by atoms with Crippen LogP contribution in [-0.4, -0.2) is 34.4 Å². The number of nitrogens with zero attached hydrogens (tertiary/aromatic N) is 2. The number of aromatic amines is 1. The highest BCUT2D eigenvalue weighted by Gasteiger charge is 2.29. The molecule has 0 radical (unpaired) electrons. The molecule has 15 heavy (non-hydrogen) atoms. The van der Waals surface area contributed by atoms with Crippen LogP contribution >= 0.6 is 0 Å². The predicted molar refractivity (Wildman–Crippen MR) is 53.4 cm³/mol. The van der Waals surface area contributed by atoms with Crippen LogP contribution in [0.1, 0.15) is 21.9 Å². The van der Waals surface area contributed by atoms with E-state index in [1.54, 1.807) is 7.05 Å². The molecule has 0 unspecified atom stereocenters. The largest absolute Gasteiger partial charge is 0.336 e. The summed E-state index contributed by atoms with van der Waals surface area (Å²) in [5.74, 6) is 0.280. The van der Waals surface area contributed by atoms with Crippen LogP contribution in [0.2, 0.25) is 0 Å². The molecule has 3 N–H and O–H groups in total. The van der Waals surface area contributed by atoms with Crippen molar-refractivity contribution in [2.24, 2.45) is 5.73 Å². The van der Waals surface area contributed by atoms with E-state index in [1.807, 2.05) is 0 Å². The van der Waals surface area contributed by atoms with Crippen molar-refractivity contribution in [2.75, 3.05) is 13.6 Å². The minimum absolute atomic E-state index is 0.165. The van der Waals surface area contributed by atoms with Gasteiger partial charge in [-0.05, 0) is 6.54 Å². The van der Waals surface area contributed by atoms with Crippen LogP contribution in [0.3, 0.4) is 0 Å². The van der Waals surface area contributed by atoms with Crippen LogP contribution in [0.4, 0.5) is 0 Å². The van der Waals surface area contributed by atoms with Gasteiger partial charge < -0.3 is 15.6 Å². The lowest BCUT2D eigenvalue weighted by atomic mass is 10.2. The number of nitrogens with two attached hydrogens (primary N) is 1. The topological polar surface area (TPSA) is 92.1 Å². The van der Waals surface area contributed by atoms with Crippen LogP contribution in [0, 0.1) is 0 Å². The van der Waals surface area contributed by atoms with Crippen molar-refractivity contribution in [2.45, 2.75) is 13.0 Å². The Morgan fingerprint density at radius 3 is 2.93 bits per heavy atom. The van der Waals surface area contributed by atoms with Gasteiger partial charge in [-0.1, -0.05) is 0 Å². The number of amides is 1. The molecule has 0 atom stereocenters. The number of carbonyl (C=O) groups is 1. The highest BCUT2D eigenvalue weighted by Crippen LogP contribution is 2.15. The first-order valence-electron chi connectivity index (χ1n) is 4.71. The van der Waals surface area contributed by atoms with Gasteiger partial charge in [-0.3, -0.25) is 9.59 Å². The van der Waals surface area contributed by atoms with Crippen molar-refractivity contribution >= 4 is 5.91 Å². The van der Waals surface area contributed by atoms with E-state index in [4.69, 9.17) is 5.73 Å². The van der Waals surface area contributed by atoms with Gasteiger partial charge in [0, 0.05) is 13.5 Å². The summed E-state index contributed by atoms with van der Waals surface area (Å²) in [7, 11) is 1.64. The number of hydrogen-bond acceptors (Lipinski definition) is 4. The number of aromatic nitrogens is 2. The molecular formula is C9H12N4O2. The highest BCUT2D eigenvalue weighted by atomic mass is 16.2. The summed E-state index contributed by atoms with van der Waals surface area (Å²) in [5, 5.41) is 0. The molecule has 6 nitrogen and oxygen atoms in total. The second-order valence-electron chi connectivity index (χ2n) is 3.53. The van der Waals surface area contributed by atoms with E-state index >= 15 is 0 Å². The maximum atomic E-state index is 11.6. The third kappa shape index (κ3) is 1.52. The summed E-state index contributed by atoms with van der Waals surface area (Å²) < 4.78 is 0. The Labute approximate surface area is 86.1 Å². The number of H-pyrrole nitrogens is 1. The molecule has 1 aromatic heterocycles. The SMILES string of the molecule is CN1Cc2nc(CCN)[nH]c(=O)c2C1=O. The van der Waals surface area contributed by atoms with Gasteiger partial charge in [0.1, 0.15) is 11.4 Å². The molecule has 0 saturated carbocycles. The molecule has 0 saturated heterocycles. The van der Waals surface area contributed by atoms with Crippen molar-refractivity contribution in [1.82, 2.24) is 14.9 Å². The zero-order valence-corrected chi connectivity index (χ0v) is 8.41. The molecule has 0 fully saturated rings. The van der Waals surface area contributed by atoms with Crippen molar-refractivity contribution in [1.29, 1.82) is 0 Å². The summed E-state index contributed by atoms with van der Waals surface area (Å²) in [6.45, 7) is 0.821.